The van der Waals surface area contributed by atoms with Crippen LogP contribution in [0.15, 0.2) is 24.3 Å². The molecule has 26 heavy (non-hydrogen) atoms. The molecular formula is C17H24N6O3. The molecule has 2 aromatic rings. The number of non-ortho nitro benzene ring substituents is 1. The normalized spacial score (nSPS) is 13.5. The van der Waals surface area contributed by atoms with Crippen molar-refractivity contribution in [3.05, 3.63) is 45.8 Å². The summed E-state index contributed by atoms with van der Waals surface area (Å²) in [5.74, 6) is -0.00159. The summed E-state index contributed by atoms with van der Waals surface area (Å²) in [6, 6.07) is 6.00. The molecule has 0 radical (unpaired) electrons. The number of nitrogens with zero attached hydrogens (tertiary/aromatic N) is 4. The Morgan fingerprint density at radius 2 is 2.15 bits per heavy atom. The van der Waals surface area contributed by atoms with Crippen molar-refractivity contribution in [3.63, 3.8) is 0 Å². The highest BCUT2D eigenvalue weighted by Gasteiger charge is 2.28. The van der Waals surface area contributed by atoms with Gasteiger partial charge in [0.25, 0.3) is 11.6 Å². The molecule has 140 valence electrons. The van der Waals surface area contributed by atoms with E-state index in [0.29, 0.717) is 23.8 Å². The van der Waals surface area contributed by atoms with E-state index in [1.54, 1.807) is 19.1 Å². The first-order valence-corrected chi connectivity index (χ1v) is 8.36. The monoisotopic (exact) mass is 360 g/mol. The quantitative estimate of drug-likeness (QED) is 0.574. The molecular weight excluding hydrogens is 336 g/mol. The number of nitro benzene ring substituents is 1. The summed E-state index contributed by atoms with van der Waals surface area (Å²) < 4.78 is 1.41. The van der Waals surface area contributed by atoms with Gasteiger partial charge in [-0.05, 0) is 32.3 Å². The highest BCUT2D eigenvalue weighted by Crippen LogP contribution is 2.20. The molecule has 1 atom stereocenters. The Bertz CT molecular complexity index is 817. The zero-order valence-corrected chi connectivity index (χ0v) is 15.4. The van der Waals surface area contributed by atoms with Crippen molar-refractivity contribution in [2.24, 2.45) is 11.7 Å². The number of carbonyl (C=O) groups is 1. The molecule has 0 saturated heterocycles. The van der Waals surface area contributed by atoms with Crippen LogP contribution in [0, 0.1) is 23.0 Å². The van der Waals surface area contributed by atoms with E-state index in [1.165, 1.54) is 16.8 Å². The topological polar surface area (TPSA) is 129 Å². The van der Waals surface area contributed by atoms with E-state index in [2.05, 4.69) is 29.5 Å². The number of carbonyl (C=O) groups excluding carboxylic acids is 1. The molecule has 9 heteroatoms. The molecule has 1 aromatic carbocycles. The van der Waals surface area contributed by atoms with Crippen LogP contribution < -0.4 is 11.1 Å². The number of hydrogen-bond donors (Lipinski definition) is 2. The summed E-state index contributed by atoms with van der Waals surface area (Å²) in [4.78, 5) is 23.1. The SMILES string of the molecule is Cc1c(C(=O)NC(C)(CN)CC(C)C)nnn1-c1cccc([N+](=O)[O-])c1. The fourth-order valence-electron chi connectivity index (χ4n) is 2.94. The number of hydrogen-bond acceptors (Lipinski definition) is 6. The van der Waals surface area contributed by atoms with Crippen molar-refractivity contribution in [1.82, 2.24) is 20.3 Å². The van der Waals surface area contributed by atoms with Crippen molar-refractivity contribution in [1.29, 1.82) is 0 Å². The number of nitrogens with one attached hydrogen (secondary N) is 1. The molecule has 1 amide bonds. The van der Waals surface area contributed by atoms with Gasteiger partial charge < -0.3 is 11.1 Å². The van der Waals surface area contributed by atoms with Gasteiger partial charge in [0, 0.05) is 18.7 Å². The molecule has 0 aliphatic heterocycles. The summed E-state index contributed by atoms with van der Waals surface area (Å²) >= 11 is 0. The summed E-state index contributed by atoms with van der Waals surface area (Å²) in [7, 11) is 0. The molecule has 0 bridgehead atoms. The minimum atomic E-state index is -0.549. The van der Waals surface area contributed by atoms with E-state index < -0.39 is 10.5 Å². The van der Waals surface area contributed by atoms with Gasteiger partial charge in [-0.2, -0.15) is 0 Å². The van der Waals surface area contributed by atoms with E-state index in [0.717, 1.165) is 6.42 Å². The van der Waals surface area contributed by atoms with Gasteiger partial charge in [-0.15, -0.1) is 5.10 Å². The van der Waals surface area contributed by atoms with Crippen LogP contribution in [-0.2, 0) is 0 Å². The predicted octanol–water partition coefficient (Wildman–Crippen LogP) is 1.98. The van der Waals surface area contributed by atoms with Gasteiger partial charge in [0.05, 0.1) is 21.8 Å². The van der Waals surface area contributed by atoms with E-state index in [9.17, 15) is 14.9 Å². The second-order valence-corrected chi connectivity index (χ2v) is 7.03. The second-order valence-electron chi connectivity index (χ2n) is 7.03. The fraction of sp³-hybridized carbons (Fsp3) is 0.471. The minimum absolute atomic E-state index is 0.0592. The molecule has 0 aliphatic carbocycles. The summed E-state index contributed by atoms with van der Waals surface area (Å²) in [5, 5.41) is 21.8. The van der Waals surface area contributed by atoms with Gasteiger partial charge in [-0.3, -0.25) is 14.9 Å². The lowest BCUT2D eigenvalue weighted by atomic mass is 9.90. The smallest absolute Gasteiger partial charge is 0.274 e. The number of nitro groups is 1. The van der Waals surface area contributed by atoms with Crippen LogP contribution in [0.5, 0.6) is 0 Å². The maximum atomic E-state index is 12.7. The molecule has 0 saturated carbocycles. The van der Waals surface area contributed by atoms with Gasteiger partial charge in [-0.1, -0.05) is 25.1 Å². The Morgan fingerprint density at radius 3 is 2.73 bits per heavy atom. The highest BCUT2D eigenvalue weighted by molar-refractivity contribution is 5.93. The van der Waals surface area contributed by atoms with E-state index in [-0.39, 0.29) is 17.3 Å². The summed E-state index contributed by atoms with van der Waals surface area (Å²) in [6.07, 6.45) is 0.729. The second kappa shape index (κ2) is 7.61. The third kappa shape index (κ3) is 4.23. The van der Waals surface area contributed by atoms with Gasteiger partial charge in [0.2, 0.25) is 0 Å². The largest absolute Gasteiger partial charge is 0.344 e. The van der Waals surface area contributed by atoms with Crippen LogP contribution >= 0.6 is 0 Å². The number of amides is 1. The lowest BCUT2D eigenvalue weighted by molar-refractivity contribution is -0.384. The van der Waals surface area contributed by atoms with Crippen molar-refractivity contribution in [2.75, 3.05) is 6.54 Å². The predicted molar refractivity (Wildman–Crippen MR) is 97.1 cm³/mol. The van der Waals surface area contributed by atoms with E-state index in [1.807, 2.05) is 6.92 Å². The Kier molecular flexibility index (Phi) is 5.71. The zero-order valence-electron chi connectivity index (χ0n) is 15.4. The van der Waals surface area contributed by atoms with Crippen LogP contribution in [0.3, 0.4) is 0 Å². The molecule has 1 aromatic heterocycles. The van der Waals surface area contributed by atoms with Gasteiger partial charge in [0.15, 0.2) is 5.69 Å². The Hall–Kier alpha value is -2.81. The van der Waals surface area contributed by atoms with Crippen molar-refractivity contribution in [2.45, 2.75) is 39.7 Å². The van der Waals surface area contributed by atoms with Gasteiger partial charge in [0.1, 0.15) is 0 Å². The summed E-state index contributed by atoms with van der Waals surface area (Å²) in [6.45, 7) is 8.00. The van der Waals surface area contributed by atoms with Crippen LogP contribution in [0.4, 0.5) is 5.69 Å². The molecule has 3 N–H and O–H groups in total. The number of aromatic nitrogens is 3. The van der Waals surface area contributed by atoms with E-state index >= 15 is 0 Å². The molecule has 0 fully saturated rings. The maximum absolute atomic E-state index is 12.7. The third-order valence-corrected chi connectivity index (χ3v) is 4.12. The molecule has 1 heterocycles. The number of benzene rings is 1. The van der Waals surface area contributed by atoms with Crippen LogP contribution in [0.2, 0.25) is 0 Å². The Balaban J connectivity index is 2.29. The van der Waals surface area contributed by atoms with Crippen molar-refractivity contribution >= 4 is 11.6 Å². The maximum Gasteiger partial charge on any atom is 0.274 e. The lowest BCUT2D eigenvalue weighted by Gasteiger charge is -2.30. The van der Waals surface area contributed by atoms with Gasteiger partial charge in [-0.25, -0.2) is 4.68 Å². The molecule has 0 spiro atoms. The molecule has 2 rings (SSSR count). The van der Waals surface area contributed by atoms with Crippen LogP contribution in [0.25, 0.3) is 5.69 Å². The van der Waals surface area contributed by atoms with Crippen molar-refractivity contribution < 1.29 is 9.72 Å². The first-order valence-electron chi connectivity index (χ1n) is 8.36. The van der Waals surface area contributed by atoms with Crippen molar-refractivity contribution in [3.8, 4) is 5.69 Å². The first-order chi connectivity index (χ1) is 12.2. The molecule has 9 nitrogen and oxygen atoms in total. The zero-order chi connectivity index (χ0) is 19.5. The first kappa shape index (κ1) is 19.5. The minimum Gasteiger partial charge on any atom is -0.344 e. The van der Waals surface area contributed by atoms with Crippen LogP contribution in [-0.4, -0.2) is 37.9 Å². The van der Waals surface area contributed by atoms with Gasteiger partial charge >= 0.3 is 0 Å². The number of rotatable bonds is 7. The number of nitrogens with two attached hydrogens (primary N) is 1. The molecule has 0 aliphatic rings. The fourth-order valence-corrected chi connectivity index (χ4v) is 2.94. The average Bonchev–Trinajstić information content (AvgIpc) is 2.95. The summed E-state index contributed by atoms with van der Waals surface area (Å²) in [5.41, 5.74) is 6.36. The third-order valence-electron chi connectivity index (χ3n) is 4.12. The Labute approximate surface area is 151 Å². The lowest BCUT2D eigenvalue weighted by Crippen LogP contribution is -2.52. The van der Waals surface area contributed by atoms with E-state index in [4.69, 9.17) is 5.73 Å². The van der Waals surface area contributed by atoms with Crippen LogP contribution in [0.1, 0.15) is 43.4 Å². The molecule has 1 unspecified atom stereocenters. The average molecular weight is 360 g/mol. The standard InChI is InChI=1S/C17H24N6O3/c1-11(2)9-17(4,10-18)19-16(24)15-12(3)22(21-20-15)13-6-5-7-14(8-13)23(25)26/h5-8,11H,9-10,18H2,1-4H3,(H,19,24). The Morgan fingerprint density at radius 1 is 1.46 bits per heavy atom. The highest BCUT2D eigenvalue weighted by atomic mass is 16.6.